The van der Waals surface area contributed by atoms with Gasteiger partial charge in [-0.25, -0.2) is 0 Å². The van der Waals surface area contributed by atoms with Crippen LogP contribution >= 0.6 is 15.9 Å². The second-order valence-corrected chi connectivity index (χ2v) is 5.74. The molecule has 0 unspecified atom stereocenters. The Bertz CT molecular complexity index is 494. The summed E-state index contributed by atoms with van der Waals surface area (Å²) in [6.07, 6.45) is 0. The molecule has 1 N–H and O–H groups in total. The largest absolute Gasteiger partial charge is 0.364 e. The van der Waals surface area contributed by atoms with Crippen LogP contribution in [0.25, 0.3) is 0 Å². The number of halogens is 1. The summed E-state index contributed by atoms with van der Waals surface area (Å²) in [6, 6.07) is 7.58. The fourth-order valence-corrected chi connectivity index (χ4v) is 1.97. The maximum absolute atomic E-state index is 11.8. The van der Waals surface area contributed by atoms with E-state index in [9.17, 15) is 4.79 Å². The highest BCUT2D eigenvalue weighted by Gasteiger charge is 2.11. The first-order valence-electron chi connectivity index (χ1n) is 6.11. The van der Waals surface area contributed by atoms with Crippen LogP contribution in [-0.4, -0.2) is 26.0 Å². The lowest BCUT2D eigenvalue weighted by Crippen LogP contribution is -2.37. The van der Waals surface area contributed by atoms with Gasteiger partial charge in [-0.1, -0.05) is 29.8 Å². The third-order valence-corrected chi connectivity index (χ3v) is 3.07. The maximum Gasteiger partial charge on any atom is 0.239 e. The summed E-state index contributed by atoms with van der Waals surface area (Å²) in [5.74, 6) is 0.389. The summed E-state index contributed by atoms with van der Waals surface area (Å²) < 4.78 is 0.852. The molecule has 5 heteroatoms. The topological polar surface area (TPSA) is 56.1 Å². The molecule has 19 heavy (non-hydrogen) atoms. The molecule has 0 saturated heterocycles. The van der Waals surface area contributed by atoms with Crippen molar-refractivity contribution in [3.8, 4) is 6.07 Å². The molecule has 1 aromatic carbocycles. The van der Waals surface area contributed by atoms with E-state index in [4.69, 9.17) is 5.26 Å². The number of carbonyl (C=O) groups is 1. The quantitative estimate of drug-likeness (QED) is 0.905. The normalized spacial score (nSPS) is 10.1. The van der Waals surface area contributed by atoms with Crippen LogP contribution in [-0.2, 0) is 4.79 Å². The number of hydrogen-bond donors (Lipinski definition) is 1. The fraction of sp³-hybridized carbons (Fsp3) is 0.429. The third-order valence-electron chi connectivity index (χ3n) is 2.58. The average Bonchev–Trinajstić information content (AvgIpc) is 2.35. The molecule has 0 aliphatic rings. The Hall–Kier alpha value is -1.54. The van der Waals surface area contributed by atoms with Crippen molar-refractivity contribution in [1.82, 2.24) is 5.32 Å². The lowest BCUT2D eigenvalue weighted by atomic mass is 10.2. The minimum absolute atomic E-state index is 0.0389. The molecule has 0 aliphatic heterocycles. The van der Waals surface area contributed by atoms with Gasteiger partial charge in [0.05, 0.1) is 17.8 Å². The lowest BCUT2D eigenvalue weighted by molar-refractivity contribution is -0.119. The first kappa shape index (κ1) is 15.5. The standard InChI is InChI=1S/C14H18BrN3O/c1-10(2)8-17-14(19)9-18(3)13-5-4-12(15)6-11(13)7-16/h4-6,10H,8-9H2,1-3H3,(H,17,19). The summed E-state index contributed by atoms with van der Waals surface area (Å²) >= 11 is 3.33. The lowest BCUT2D eigenvalue weighted by Gasteiger charge is -2.20. The van der Waals surface area contributed by atoms with Crippen molar-refractivity contribution in [3.63, 3.8) is 0 Å². The van der Waals surface area contributed by atoms with E-state index >= 15 is 0 Å². The molecule has 0 heterocycles. The van der Waals surface area contributed by atoms with Gasteiger partial charge in [0.25, 0.3) is 0 Å². The number of likely N-dealkylation sites (N-methyl/N-ethyl adjacent to an activating group) is 1. The van der Waals surface area contributed by atoms with Gasteiger partial charge in [-0.05, 0) is 24.1 Å². The maximum atomic E-state index is 11.8. The predicted octanol–water partition coefficient (Wildman–Crippen LogP) is 2.53. The number of hydrogen-bond acceptors (Lipinski definition) is 3. The zero-order valence-corrected chi connectivity index (χ0v) is 13.0. The van der Waals surface area contributed by atoms with E-state index in [1.807, 2.05) is 26.0 Å². The van der Waals surface area contributed by atoms with Crippen molar-refractivity contribution in [1.29, 1.82) is 5.26 Å². The Kier molecular flexibility index (Phi) is 5.84. The minimum atomic E-state index is -0.0389. The van der Waals surface area contributed by atoms with Gasteiger partial charge in [0.2, 0.25) is 5.91 Å². The molecule has 1 aromatic rings. The molecule has 0 aliphatic carbocycles. The van der Waals surface area contributed by atoms with E-state index in [-0.39, 0.29) is 12.5 Å². The Morgan fingerprint density at radius 3 is 2.79 bits per heavy atom. The van der Waals surface area contributed by atoms with Crippen LogP contribution in [0.4, 0.5) is 5.69 Å². The van der Waals surface area contributed by atoms with Crippen LogP contribution in [0, 0.1) is 17.2 Å². The molecule has 0 aromatic heterocycles. The Morgan fingerprint density at radius 2 is 2.21 bits per heavy atom. The number of rotatable bonds is 5. The van der Waals surface area contributed by atoms with E-state index in [0.29, 0.717) is 18.0 Å². The first-order valence-corrected chi connectivity index (χ1v) is 6.90. The number of anilines is 1. The van der Waals surface area contributed by atoms with Crippen LogP contribution in [0.15, 0.2) is 22.7 Å². The molecule has 4 nitrogen and oxygen atoms in total. The molecule has 1 rings (SSSR count). The number of nitrogens with zero attached hydrogens (tertiary/aromatic N) is 2. The first-order chi connectivity index (χ1) is 8.93. The second kappa shape index (κ2) is 7.15. The van der Waals surface area contributed by atoms with Crippen LogP contribution < -0.4 is 10.2 Å². The third kappa shape index (κ3) is 4.92. The van der Waals surface area contributed by atoms with Gasteiger partial charge >= 0.3 is 0 Å². The Balaban J connectivity index is 2.71. The molecule has 0 spiro atoms. The van der Waals surface area contributed by atoms with Gasteiger partial charge < -0.3 is 10.2 Å². The number of nitriles is 1. The van der Waals surface area contributed by atoms with E-state index in [1.165, 1.54) is 0 Å². The van der Waals surface area contributed by atoms with Crippen molar-refractivity contribution in [2.24, 2.45) is 5.92 Å². The minimum Gasteiger partial charge on any atom is -0.364 e. The second-order valence-electron chi connectivity index (χ2n) is 4.83. The summed E-state index contributed by atoms with van der Waals surface area (Å²) in [6.45, 7) is 5.00. The van der Waals surface area contributed by atoms with Crippen LogP contribution in [0.5, 0.6) is 0 Å². The highest BCUT2D eigenvalue weighted by Crippen LogP contribution is 2.22. The molecule has 0 saturated carbocycles. The number of benzene rings is 1. The molecule has 0 radical (unpaired) electrons. The molecular formula is C14H18BrN3O. The molecule has 0 fully saturated rings. The highest BCUT2D eigenvalue weighted by molar-refractivity contribution is 9.10. The smallest absolute Gasteiger partial charge is 0.239 e. The van der Waals surface area contributed by atoms with Gasteiger partial charge in [0, 0.05) is 18.1 Å². The zero-order valence-electron chi connectivity index (χ0n) is 11.4. The number of amides is 1. The van der Waals surface area contributed by atoms with Crippen molar-refractivity contribution >= 4 is 27.5 Å². The molecular weight excluding hydrogens is 306 g/mol. The molecule has 0 bridgehead atoms. The van der Waals surface area contributed by atoms with Gasteiger partial charge in [-0.15, -0.1) is 0 Å². The Labute approximate surface area is 122 Å². The summed E-state index contributed by atoms with van der Waals surface area (Å²) in [5.41, 5.74) is 1.30. The van der Waals surface area contributed by atoms with Crippen molar-refractivity contribution in [2.75, 3.05) is 25.0 Å². The molecule has 102 valence electrons. The number of carbonyl (C=O) groups excluding carboxylic acids is 1. The summed E-state index contributed by atoms with van der Waals surface area (Å²) in [7, 11) is 1.80. The van der Waals surface area contributed by atoms with E-state index in [2.05, 4.69) is 27.3 Å². The highest BCUT2D eigenvalue weighted by atomic mass is 79.9. The SMILES string of the molecule is CC(C)CNC(=O)CN(C)c1ccc(Br)cc1C#N. The van der Waals surface area contributed by atoms with Crippen LogP contribution in [0.2, 0.25) is 0 Å². The Morgan fingerprint density at radius 1 is 1.53 bits per heavy atom. The van der Waals surface area contributed by atoms with Gasteiger partial charge in [0.15, 0.2) is 0 Å². The van der Waals surface area contributed by atoms with Crippen LogP contribution in [0.1, 0.15) is 19.4 Å². The van der Waals surface area contributed by atoms with E-state index < -0.39 is 0 Å². The van der Waals surface area contributed by atoms with Crippen molar-refractivity contribution < 1.29 is 4.79 Å². The van der Waals surface area contributed by atoms with Gasteiger partial charge in [0.1, 0.15) is 6.07 Å². The average molecular weight is 324 g/mol. The summed E-state index contributed by atoms with van der Waals surface area (Å²) in [5, 5.41) is 12.0. The number of nitrogens with one attached hydrogen (secondary N) is 1. The van der Waals surface area contributed by atoms with E-state index in [0.717, 1.165) is 10.2 Å². The fourth-order valence-electron chi connectivity index (χ4n) is 1.61. The molecule has 1 amide bonds. The van der Waals surface area contributed by atoms with Gasteiger partial charge in [-0.3, -0.25) is 4.79 Å². The van der Waals surface area contributed by atoms with Crippen molar-refractivity contribution in [3.05, 3.63) is 28.2 Å². The molecule has 0 atom stereocenters. The van der Waals surface area contributed by atoms with E-state index in [1.54, 1.807) is 18.0 Å². The monoisotopic (exact) mass is 323 g/mol. The van der Waals surface area contributed by atoms with Crippen molar-refractivity contribution in [2.45, 2.75) is 13.8 Å². The van der Waals surface area contributed by atoms with Gasteiger partial charge in [-0.2, -0.15) is 5.26 Å². The zero-order chi connectivity index (χ0) is 14.4. The summed E-state index contributed by atoms with van der Waals surface area (Å²) in [4.78, 5) is 13.5. The predicted molar refractivity (Wildman–Crippen MR) is 80.0 cm³/mol. The van der Waals surface area contributed by atoms with Crippen LogP contribution in [0.3, 0.4) is 0 Å².